The van der Waals surface area contributed by atoms with E-state index in [4.69, 9.17) is 4.74 Å². The van der Waals surface area contributed by atoms with Crippen LogP contribution in [0, 0.1) is 23.2 Å². The maximum atomic E-state index is 13.0. The van der Waals surface area contributed by atoms with Crippen LogP contribution in [0.5, 0.6) is 0 Å². The first-order valence-corrected chi connectivity index (χ1v) is 14.6. The molecular formula is C31H50O7. The zero-order valence-corrected chi connectivity index (χ0v) is 24.3. The Hall–Kier alpha value is -1.54. The summed E-state index contributed by atoms with van der Waals surface area (Å²) in [6.45, 7) is 11.0. The van der Waals surface area contributed by atoms with Gasteiger partial charge in [0.1, 0.15) is 11.2 Å². The van der Waals surface area contributed by atoms with Gasteiger partial charge in [0, 0.05) is 36.0 Å². The lowest BCUT2D eigenvalue weighted by molar-refractivity contribution is -0.188. The van der Waals surface area contributed by atoms with E-state index in [0.717, 1.165) is 19.3 Å². The molecule has 4 N–H and O–H groups in total. The normalized spacial score (nSPS) is 35.6. The number of unbranched alkanes of at least 4 members (excludes halogenated alkanes) is 6. The van der Waals surface area contributed by atoms with Gasteiger partial charge in [-0.3, -0.25) is 9.59 Å². The zero-order valence-electron chi connectivity index (χ0n) is 24.3. The van der Waals surface area contributed by atoms with Gasteiger partial charge in [-0.15, -0.1) is 0 Å². The molecule has 0 saturated heterocycles. The van der Waals surface area contributed by atoms with Gasteiger partial charge in [-0.2, -0.15) is 0 Å². The molecule has 0 aromatic rings. The molecule has 0 aromatic heterocycles. The average molecular weight is 535 g/mol. The molecule has 3 aliphatic carbocycles. The maximum absolute atomic E-state index is 13.0. The minimum Gasteiger partial charge on any atom is -0.455 e. The summed E-state index contributed by atoms with van der Waals surface area (Å²) in [5.74, 6) is -2.78. The Morgan fingerprint density at radius 1 is 1.13 bits per heavy atom. The van der Waals surface area contributed by atoms with E-state index in [1.807, 2.05) is 20.8 Å². The van der Waals surface area contributed by atoms with Gasteiger partial charge in [0.2, 0.25) is 0 Å². The standard InChI is InChI=1S/C31H50O7/c1-7-8-9-10-11-12-13-14-25(33)38-31(22(4)28(31,5)6)27(35)21(3)29(36)16-15-23(19-32)18-30(37)24(29)17-20(2)26(30)34/h15,17,21-22,24,27,32,35-37H,7-14,16,18-19H2,1-6H3/t21-,22-,24+,27-,29+,30-,31-/m1/s1. The van der Waals surface area contributed by atoms with Gasteiger partial charge in [0.05, 0.1) is 18.3 Å². The molecule has 0 heterocycles. The summed E-state index contributed by atoms with van der Waals surface area (Å²) >= 11 is 0. The van der Waals surface area contributed by atoms with Crippen molar-refractivity contribution in [3.05, 3.63) is 23.3 Å². The molecule has 1 saturated carbocycles. The van der Waals surface area contributed by atoms with Gasteiger partial charge in [0.15, 0.2) is 5.78 Å². The maximum Gasteiger partial charge on any atom is 0.306 e. The average Bonchev–Trinajstić information content (AvgIpc) is 3.24. The molecule has 3 aliphatic rings. The quantitative estimate of drug-likeness (QED) is 0.157. The van der Waals surface area contributed by atoms with Crippen molar-refractivity contribution in [3.63, 3.8) is 0 Å². The number of hydrogen-bond acceptors (Lipinski definition) is 7. The smallest absolute Gasteiger partial charge is 0.306 e. The first-order chi connectivity index (χ1) is 17.7. The number of ether oxygens (including phenoxy) is 1. The molecule has 1 fully saturated rings. The van der Waals surface area contributed by atoms with E-state index in [2.05, 4.69) is 6.92 Å². The lowest BCUT2D eigenvalue weighted by Crippen LogP contribution is -2.59. The highest BCUT2D eigenvalue weighted by atomic mass is 16.6. The lowest BCUT2D eigenvalue weighted by Gasteiger charge is -2.46. The SMILES string of the molecule is CCCCCCCCCC(=O)O[C@@]1([C@H](O)[C@@H](C)[C@@]2(O)CC=C(CO)C[C@]3(O)C(=O)C(C)=C[C@@H]23)[C@H](C)C1(C)C. The summed E-state index contributed by atoms with van der Waals surface area (Å²) in [5, 5.41) is 45.3. The van der Waals surface area contributed by atoms with Crippen LogP contribution >= 0.6 is 0 Å². The molecule has 7 atom stereocenters. The number of aliphatic hydroxyl groups is 4. The van der Waals surface area contributed by atoms with Crippen LogP contribution in [-0.4, -0.2) is 61.7 Å². The van der Waals surface area contributed by atoms with Gasteiger partial charge >= 0.3 is 5.97 Å². The third kappa shape index (κ3) is 5.16. The minimum atomic E-state index is -1.90. The molecule has 0 radical (unpaired) electrons. The topological polar surface area (TPSA) is 124 Å². The summed E-state index contributed by atoms with van der Waals surface area (Å²) < 4.78 is 6.09. The number of ketones is 1. The van der Waals surface area contributed by atoms with Crippen LogP contribution in [0.4, 0.5) is 0 Å². The van der Waals surface area contributed by atoms with Gasteiger partial charge < -0.3 is 25.2 Å². The van der Waals surface area contributed by atoms with Crippen molar-refractivity contribution in [1.82, 2.24) is 0 Å². The molecule has 38 heavy (non-hydrogen) atoms. The molecule has 0 amide bonds. The van der Waals surface area contributed by atoms with Gasteiger partial charge in [-0.05, 0) is 30.9 Å². The fraction of sp³-hybridized carbons (Fsp3) is 0.806. The molecule has 7 heteroatoms. The molecule has 7 nitrogen and oxygen atoms in total. The molecule has 0 bridgehead atoms. The molecule has 0 aromatic carbocycles. The van der Waals surface area contributed by atoms with E-state index in [-0.39, 0.29) is 37.8 Å². The number of rotatable bonds is 13. The predicted molar refractivity (Wildman–Crippen MR) is 146 cm³/mol. The fourth-order valence-corrected chi connectivity index (χ4v) is 7.18. The van der Waals surface area contributed by atoms with E-state index >= 15 is 0 Å². The van der Waals surface area contributed by atoms with E-state index in [9.17, 15) is 30.0 Å². The Kier molecular flexibility index (Phi) is 9.40. The summed E-state index contributed by atoms with van der Waals surface area (Å²) in [6.07, 6.45) is 9.89. The second-order valence-electron chi connectivity index (χ2n) is 12.8. The number of carbonyl (C=O) groups excluding carboxylic acids is 2. The second-order valence-corrected chi connectivity index (χ2v) is 12.8. The van der Waals surface area contributed by atoms with Crippen molar-refractivity contribution < 1.29 is 34.8 Å². The van der Waals surface area contributed by atoms with Crippen molar-refractivity contribution >= 4 is 11.8 Å². The minimum absolute atomic E-state index is 0.0437. The number of carbonyl (C=O) groups is 2. The highest BCUT2D eigenvalue weighted by Crippen LogP contribution is 2.67. The Balaban J connectivity index is 1.80. The lowest BCUT2D eigenvalue weighted by atomic mass is 9.66. The monoisotopic (exact) mass is 534 g/mol. The van der Waals surface area contributed by atoms with Crippen LogP contribution in [0.15, 0.2) is 23.3 Å². The molecule has 0 spiro atoms. The first kappa shape index (κ1) is 31.0. The van der Waals surface area contributed by atoms with Crippen molar-refractivity contribution in [2.75, 3.05) is 6.61 Å². The Morgan fingerprint density at radius 3 is 2.26 bits per heavy atom. The molecule has 0 aliphatic heterocycles. The number of aliphatic hydroxyl groups excluding tert-OH is 2. The molecular weight excluding hydrogens is 484 g/mol. The van der Waals surface area contributed by atoms with Gasteiger partial charge in [0.25, 0.3) is 0 Å². The number of fused-ring (bicyclic) bond motifs is 1. The fourth-order valence-electron chi connectivity index (χ4n) is 7.18. The zero-order chi connectivity index (χ0) is 28.5. The van der Waals surface area contributed by atoms with Crippen LogP contribution in [0.1, 0.15) is 106 Å². The van der Waals surface area contributed by atoms with Crippen molar-refractivity contribution in [2.45, 2.75) is 129 Å². The third-order valence-corrected chi connectivity index (χ3v) is 10.3. The second kappa shape index (κ2) is 11.5. The van der Waals surface area contributed by atoms with E-state index in [1.165, 1.54) is 25.7 Å². The summed E-state index contributed by atoms with van der Waals surface area (Å²) in [7, 11) is 0. The Labute approximate surface area is 228 Å². The van der Waals surface area contributed by atoms with Gasteiger partial charge in [-0.1, -0.05) is 85.3 Å². The van der Waals surface area contributed by atoms with Crippen molar-refractivity contribution in [1.29, 1.82) is 0 Å². The highest BCUT2D eigenvalue weighted by molar-refractivity contribution is 6.04. The van der Waals surface area contributed by atoms with Crippen LogP contribution < -0.4 is 0 Å². The number of Topliss-reactive ketones (excluding diaryl/α,β-unsaturated/α-hetero) is 1. The molecule has 3 rings (SSSR count). The highest BCUT2D eigenvalue weighted by Gasteiger charge is 2.77. The molecule has 216 valence electrons. The van der Waals surface area contributed by atoms with E-state index in [0.29, 0.717) is 11.1 Å². The van der Waals surface area contributed by atoms with Crippen molar-refractivity contribution in [2.24, 2.45) is 23.2 Å². The van der Waals surface area contributed by atoms with Gasteiger partial charge in [-0.25, -0.2) is 0 Å². The van der Waals surface area contributed by atoms with Crippen molar-refractivity contribution in [3.8, 4) is 0 Å². The first-order valence-electron chi connectivity index (χ1n) is 14.6. The summed E-state index contributed by atoms with van der Waals surface area (Å²) in [4.78, 5) is 26.0. The largest absolute Gasteiger partial charge is 0.455 e. The predicted octanol–water partition coefficient (Wildman–Crippen LogP) is 4.40. The Bertz CT molecular complexity index is 952. The van der Waals surface area contributed by atoms with Crippen LogP contribution in [0.2, 0.25) is 0 Å². The van der Waals surface area contributed by atoms with E-state index in [1.54, 1.807) is 26.0 Å². The summed E-state index contributed by atoms with van der Waals surface area (Å²) in [6, 6.07) is 0. The van der Waals surface area contributed by atoms with Crippen LogP contribution in [0.3, 0.4) is 0 Å². The third-order valence-electron chi connectivity index (χ3n) is 10.3. The molecule has 0 unspecified atom stereocenters. The summed E-state index contributed by atoms with van der Waals surface area (Å²) in [5.41, 5.74) is -4.47. The van der Waals surface area contributed by atoms with Crippen LogP contribution in [-0.2, 0) is 14.3 Å². The Morgan fingerprint density at radius 2 is 1.71 bits per heavy atom. The van der Waals surface area contributed by atoms with Crippen LogP contribution in [0.25, 0.3) is 0 Å². The number of esters is 1. The van der Waals surface area contributed by atoms with E-state index < -0.39 is 45.9 Å². The number of hydrogen-bond donors (Lipinski definition) is 4.